The highest BCUT2D eigenvalue weighted by Gasteiger charge is 2.18. The van der Waals surface area contributed by atoms with Gasteiger partial charge in [-0.15, -0.1) is 0 Å². The molecule has 0 radical (unpaired) electrons. The first-order valence-corrected chi connectivity index (χ1v) is 7.90. The van der Waals surface area contributed by atoms with Crippen LogP contribution >= 0.6 is 0 Å². The molecule has 0 spiro atoms. The van der Waals surface area contributed by atoms with Crippen molar-refractivity contribution in [3.63, 3.8) is 0 Å². The highest BCUT2D eigenvalue weighted by Crippen LogP contribution is 2.25. The van der Waals surface area contributed by atoms with Gasteiger partial charge in [0.25, 0.3) is 0 Å². The lowest BCUT2D eigenvalue weighted by Crippen LogP contribution is -2.16. The molecule has 1 aromatic carbocycles. The van der Waals surface area contributed by atoms with Gasteiger partial charge in [-0.25, -0.2) is 14.6 Å². The predicted molar refractivity (Wildman–Crippen MR) is 93.6 cm³/mol. The van der Waals surface area contributed by atoms with Crippen molar-refractivity contribution in [2.45, 2.75) is 6.04 Å². The number of hydrogen-bond donors (Lipinski definition) is 1. The van der Waals surface area contributed by atoms with E-state index >= 15 is 0 Å². The van der Waals surface area contributed by atoms with Crippen molar-refractivity contribution in [3.05, 3.63) is 67.0 Å². The molecule has 0 fully saturated rings. The molecular weight excluding hydrogens is 318 g/mol. The maximum atomic E-state index is 5.50. The molecule has 0 aliphatic rings. The molecule has 0 aliphatic carbocycles. The van der Waals surface area contributed by atoms with Crippen LogP contribution in [0.15, 0.2) is 65.7 Å². The molecule has 0 bridgehead atoms. The van der Waals surface area contributed by atoms with Crippen LogP contribution in [-0.2, 0) is 4.74 Å². The minimum absolute atomic E-state index is 0.154. The van der Waals surface area contributed by atoms with Crippen molar-refractivity contribution in [3.8, 4) is 5.69 Å². The fourth-order valence-corrected chi connectivity index (χ4v) is 2.73. The Morgan fingerprint density at radius 3 is 2.80 bits per heavy atom. The maximum Gasteiger partial charge on any atom is 0.168 e. The Labute approximate surface area is 144 Å². The van der Waals surface area contributed by atoms with Gasteiger partial charge in [0.15, 0.2) is 5.65 Å². The first kappa shape index (κ1) is 15.3. The molecular formula is C18H17N5O2. The van der Waals surface area contributed by atoms with E-state index in [0.717, 1.165) is 22.5 Å². The van der Waals surface area contributed by atoms with Gasteiger partial charge in [0.2, 0.25) is 0 Å². The average molecular weight is 335 g/mol. The third-order valence-corrected chi connectivity index (χ3v) is 3.90. The summed E-state index contributed by atoms with van der Waals surface area (Å²) in [5, 5.41) is 8.66. The van der Waals surface area contributed by atoms with Crippen molar-refractivity contribution >= 4 is 16.9 Å². The van der Waals surface area contributed by atoms with Crippen LogP contribution in [0, 0.1) is 0 Å². The summed E-state index contributed by atoms with van der Waals surface area (Å²) < 4.78 is 12.6. The van der Waals surface area contributed by atoms with Crippen LogP contribution < -0.4 is 5.32 Å². The normalized spacial score (nSPS) is 12.4. The monoisotopic (exact) mass is 335 g/mol. The third-order valence-electron chi connectivity index (χ3n) is 3.90. The first-order valence-electron chi connectivity index (χ1n) is 7.90. The number of benzene rings is 1. The molecule has 4 rings (SSSR count). The SMILES string of the molecule is COCC(Nc1ncnc2c1cnn2-c1ccccc1)c1ccco1. The fraction of sp³-hybridized carbons (Fsp3) is 0.167. The van der Waals surface area contributed by atoms with E-state index in [1.807, 2.05) is 42.5 Å². The predicted octanol–water partition coefficient (Wildman–Crippen LogP) is 3.21. The Morgan fingerprint density at radius 2 is 2.04 bits per heavy atom. The number of para-hydroxylation sites is 1. The number of rotatable bonds is 6. The summed E-state index contributed by atoms with van der Waals surface area (Å²) in [6, 6.07) is 13.5. The van der Waals surface area contributed by atoms with Crippen LogP contribution in [0.1, 0.15) is 11.8 Å². The second-order valence-corrected chi connectivity index (χ2v) is 5.52. The summed E-state index contributed by atoms with van der Waals surface area (Å²) in [4.78, 5) is 8.76. The van der Waals surface area contributed by atoms with Crippen LogP contribution in [0.25, 0.3) is 16.7 Å². The molecule has 0 amide bonds. The molecule has 1 N–H and O–H groups in total. The average Bonchev–Trinajstić information content (AvgIpc) is 3.32. The summed E-state index contributed by atoms with van der Waals surface area (Å²) in [7, 11) is 1.65. The van der Waals surface area contributed by atoms with E-state index in [1.54, 1.807) is 24.3 Å². The third kappa shape index (κ3) is 2.97. The Hall–Kier alpha value is -3.19. The fourth-order valence-electron chi connectivity index (χ4n) is 2.73. The summed E-state index contributed by atoms with van der Waals surface area (Å²) in [6.45, 7) is 0.450. The minimum Gasteiger partial charge on any atom is -0.467 e. The summed E-state index contributed by atoms with van der Waals surface area (Å²) in [6.07, 6.45) is 4.93. The van der Waals surface area contributed by atoms with E-state index in [2.05, 4.69) is 20.4 Å². The Morgan fingerprint density at radius 1 is 1.16 bits per heavy atom. The van der Waals surface area contributed by atoms with E-state index in [9.17, 15) is 0 Å². The van der Waals surface area contributed by atoms with E-state index in [1.165, 1.54) is 6.33 Å². The maximum absolute atomic E-state index is 5.50. The van der Waals surface area contributed by atoms with Crippen LogP contribution in [0.4, 0.5) is 5.82 Å². The molecule has 7 nitrogen and oxygen atoms in total. The molecule has 0 saturated carbocycles. The first-order chi connectivity index (χ1) is 12.4. The number of hydrogen-bond acceptors (Lipinski definition) is 6. The number of fused-ring (bicyclic) bond motifs is 1. The van der Waals surface area contributed by atoms with Crippen LogP contribution in [-0.4, -0.2) is 33.5 Å². The largest absolute Gasteiger partial charge is 0.467 e. The zero-order valence-electron chi connectivity index (χ0n) is 13.7. The summed E-state index contributed by atoms with van der Waals surface area (Å²) >= 11 is 0. The number of nitrogens with zero attached hydrogens (tertiary/aromatic N) is 4. The second-order valence-electron chi connectivity index (χ2n) is 5.52. The van der Waals surface area contributed by atoms with Gasteiger partial charge in [-0.3, -0.25) is 0 Å². The van der Waals surface area contributed by atoms with Crippen molar-refractivity contribution < 1.29 is 9.15 Å². The Bertz CT molecular complexity index is 950. The second kappa shape index (κ2) is 6.74. The smallest absolute Gasteiger partial charge is 0.168 e. The lowest BCUT2D eigenvalue weighted by molar-refractivity contribution is 0.178. The molecule has 0 aliphatic heterocycles. The van der Waals surface area contributed by atoms with Crippen molar-refractivity contribution in [2.24, 2.45) is 0 Å². The number of ether oxygens (including phenoxy) is 1. The van der Waals surface area contributed by atoms with Crippen LogP contribution in [0.3, 0.4) is 0 Å². The number of anilines is 1. The van der Waals surface area contributed by atoms with Gasteiger partial charge < -0.3 is 14.5 Å². The zero-order chi connectivity index (χ0) is 17.1. The van der Waals surface area contributed by atoms with Gasteiger partial charge in [0.1, 0.15) is 23.9 Å². The van der Waals surface area contributed by atoms with Gasteiger partial charge >= 0.3 is 0 Å². The van der Waals surface area contributed by atoms with Gasteiger partial charge in [0, 0.05) is 7.11 Å². The molecule has 25 heavy (non-hydrogen) atoms. The van der Waals surface area contributed by atoms with Gasteiger partial charge in [-0.1, -0.05) is 18.2 Å². The van der Waals surface area contributed by atoms with E-state index in [4.69, 9.17) is 9.15 Å². The molecule has 3 heterocycles. The molecule has 1 atom stereocenters. The van der Waals surface area contributed by atoms with Gasteiger partial charge in [0.05, 0.1) is 30.1 Å². The van der Waals surface area contributed by atoms with Crippen LogP contribution in [0.5, 0.6) is 0 Å². The minimum atomic E-state index is -0.154. The number of aromatic nitrogens is 4. The highest BCUT2D eigenvalue weighted by atomic mass is 16.5. The molecule has 4 aromatic rings. The molecule has 7 heteroatoms. The quantitative estimate of drug-likeness (QED) is 0.583. The van der Waals surface area contributed by atoms with Gasteiger partial charge in [-0.05, 0) is 24.3 Å². The topological polar surface area (TPSA) is 78.0 Å². The number of methoxy groups -OCH3 is 1. The summed E-state index contributed by atoms with van der Waals surface area (Å²) in [5.74, 6) is 1.47. The van der Waals surface area contributed by atoms with E-state index in [-0.39, 0.29) is 6.04 Å². The highest BCUT2D eigenvalue weighted by molar-refractivity contribution is 5.87. The lowest BCUT2D eigenvalue weighted by Gasteiger charge is -2.16. The lowest BCUT2D eigenvalue weighted by atomic mass is 10.2. The number of nitrogens with one attached hydrogen (secondary N) is 1. The van der Waals surface area contributed by atoms with Crippen molar-refractivity contribution in [1.82, 2.24) is 19.7 Å². The standard InChI is InChI=1S/C18H17N5O2/c1-24-11-15(16-8-5-9-25-16)22-17-14-10-21-23(18(14)20-12-19-17)13-6-3-2-4-7-13/h2-10,12,15H,11H2,1H3,(H,19,20,22). The molecule has 0 saturated heterocycles. The molecule has 1 unspecified atom stereocenters. The molecule has 126 valence electrons. The van der Waals surface area contributed by atoms with E-state index in [0.29, 0.717) is 12.4 Å². The Balaban J connectivity index is 1.72. The van der Waals surface area contributed by atoms with Crippen molar-refractivity contribution in [1.29, 1.82) is 0 Å². The Kier molecular flexibility index (Phi) is 4.14. The number of furan rings is 1. The summed E-state index contributed by atoms with van der Waals surface area (Å²) in [5.41, 5.74) is 1.68. The van der Waals surface area contributed by atoms with Gasteiger partial charge in [-0.2, -0.15) is 5.10 Å². The van der Waals surface area contributed by atoms with Crippen molar-refractivity contribution in [2.75, 3.05) is 19.0 Å². The van der Waals surface area contributed by atoms with Crippen LogP contribution in [0.2, 0.25) is 0 Å². The zero-order valence-corrected chi connectivity index (χ0v) is 13.7. The van der Waals surface area contributed by atoms with E-state index < -0.39 is 0 Å². The molecule has 3 aromatic heterocycles.